The first-order valence-corrected chi connectivity index (χ1v) is 7.17. The molecule has 0 spiro atoms. The molecule has 1 atom stereocenters. The highest BCUT2D eigenvalue weighted by Gasteiger charge is 2.38. The number of nitrogens with two attached hydrogens (primary N) is 1. The third kappa shape index (κ3) is 2.64. The summed E-state index contributed by atoms with van der Waals surface area (Å²) in [5.41, 5.74) is 5.50. The minimum atomic E-state index is -2.82. The number of hydrogen-bond donors (Lipinski definition) is 1. The van der Waals surface area contributed by atoms with E-state index < -0.39 is 15.4 Å². The van der Waals surface area contributed by atoms with Crippen LogP contribution in [0.1, 0.15) is 12.8 Å². The number of sulfone groups is 1. The van der Waals surface area contributed by atoms with Crippen LogP contribution >= 0.6 is 11.8 Å². The molecule has 0 aromatic heterocycles. The molecule has 1 rings (SSSR count). The van der Waals surface area contributed by atoms with E-state index in [2.05, 4.69) is 0 Å². The van der Waals surface area contributed by atoms with Gasteiger partial charge in [-0.15, -0.1) is 0 Å². The zero-order valence-electron chi connectivity index (χ0n) is 7.25. The Morgan fingerprint density at radius 3 is 2.67 bits per heavy atom. The molecule has 1 fully saturated rings. The average molecular weight is 209 g/mol. The lowest BCUT2D eigenvalue weighted by Crippen LogP contribution is -2.41. The molecule has 5 heteroatoms. The minimum Gasteiger partial charge on any atom is -0.324 e. The zero-order valence-corrected chi connectivity index (χ0v) is 8.88. The molecule has 1 heterocycles. The van der Waals surface area contributed by atoms with Gasteiger partial charge in [-0.1, -0.05) is 0 Å². The van der Waals surface area contributed by atoms with Crippen LogP contribution in [0.25, 0.3) is 0 Å². The maximum absolute atomic E-state index is 11.1. The van der Waals surface area contributed by atoms with E-state index in [-0.39, 0.29) is 11.5 Å². The van der Waals surface area contributed by atoms with Gasteiger partial charge >= 0.3 is 0 Å². The fourth-order valence-electron chi connectivity index (χ4n) is 1.44. The molecule has 1 aliphatic heterocycles. The van der Waals surface area contributed by atoms with E-state index in [0.29, 0.717) is 6.42 Å². The molecule has 1 aliphatic rings. The summed E-state index contributed by atoms with van der Waals surface area (Å²) in [6.45, 7) is 0. The normalized spacial score (nSPS) is 33.8. The lowest BCUT2D eigenvalue weighted by Gasteiger charge is -2.20. The first-order valence-electron chi connectivity index (χ1n) is 3.96. The van der Waals surface area contributed by atoms with Gasteiger partial charge in [0.2, 0.25) is 0 Å². The summed E-state index contributed by atoms with van der Waals surface area (Å²) < 4.78 is 22.2. The minimum absolute atomic E-state index is 0.181. The summed E-state index contributed by atoms with van der Waals surface area (Å²) in [7, 11) is -2.82. The molecule has 1 saturated heterocycles. The molecule has 0 bridgehead atoms. The van der Waals surface area contributed by atoms with Crippen molar-refractivity contribution in [3.05, 3.63) is 0 Å². The Balaban J connectivity index is 2.53. The van der Waals surface area contributed by atoms with E-state index in [4.69, 9.17) is 5.73 Å². The predicted octanol–water partition coefficient (Wildman–Crippen LogP) is 0.255. The maximum atomic E-state index is 11.1. The summed E-state index contributed by atoms with van der Waals surface area (Å²) in [5, 5.41) is 0. The quantitative estimate of drug-likeness (QED) is 0.724. The molecule has 72 valence electrons. The summed E-state index contributed by atoms with van der Waals surface area (Å²) in [4.78, 5) is 0. The molecule has 0 radical (unpaired) electrons. The monoisotopic (exact) mass is 209 g/mol. The smallest absolute Gasteiger partial charge is 0.152 e. The molecule has 1 unspecified atom stereocenters. The van der Waals surface area contributed by atoms with Crippen LogP contribution in [-0.4, -0.2) is 37.5 Å². The van der Waals surface area contributed by atoms with E-state index >= 15 is 0 Å². The first kappa shape index (κ1) is 10.3. The second-order valence-electron chi connectivity index (χ2n) is 3.45. The van der Waals surface area contributed by atoms with Gasteiger partial charge in [0.15, 0.2) is 9.84 Å². The van der Waals surface area contributed by atoms with Crippen LogP contribution in [0, 0.1) is 0 Å². The highest BCUT2D eigenvalue weighted by atomic mass is 32.2. The standard InChI is InChI=1S/C7H15NO2S2/c1-11-4-2-7(8)3-5-12(9,10)6-7/h2-6,8H2,1H3. The second kappa shape index (κ2) is 3.55. The van der Waals surface area contributed by atoms with Crippen molar-refractivity contribution in [2.75, 3.05) is 23.5 Å². The number of rotatable bonds is 3. The Morgan fingerprint density at radius 1 is 1.58 bits per heavy atom. The highest BCUT2D eigenvalue weighted by molar-refractivity contribution is 7.98. The Bertz CT molecular complexity index is 250. The predicted molar refractivity (Wildman–Crippen MR) is 53.2 cm³/mol. The van der Waals surface area contributed by atoms with Gasteiger partial charge in [0.25, 0.3) is 0 Å². The Labute approximate surface area is 78.0 Å². The second-order valence-corrected chi connectivity index (χ2v) is 6.62. The van der Waals surface area contributed by atoms with Crippen molar-refractivity contribution in [2.24, 2.45) is 5.73 Å². The van der Waals surface area contributed by atoms with Gasteiger partial charge in [0.1, 0.15) is 0 Å². The van der Waals surface area contributed by atoms with Gasteiger partial charge < -0.3 is 5.73 Å². The fraction of sp³-hybridized carbons (Fsp3) is 1.00. The van der Waals surface area contributed by atoms with Crippen LogP contribution in [-0.2, 0) is 9.84 Å². The molecular weight excluding hydrogens is 194 g/mol. The molecular formula is C7H15NO2S2. The topological polar surface area (TPSA) is 60.2 Å². The van der Waals surface area contributed by atoms with E-state index in [1.54, 1.807) is 11.8 Å². The van der Waals surface area contributed by atoms with Crippen molar-refractivity contribution >= 4 is 21.6 Å². The summed E-state index contributed by atoms with van der Waals surface area (Å²) in [6, 6.07) is 0. The lowest BCUT2D eigenvalue weighted by atomic mass is 9.97. The molecule has 2 N–H and O–H groups in total. The molecule has 3 nitrogen and oxygen atoms in total. The Morgan fingerprint density at radius 2 is 2.25 bits per heavy atom. The molecule has 0 saturated carbocycles. The Kier molecular flexibility index (Phi) is 3.06. The van der Waals surface area contributed by atoms with Crippen molar-refractivity contribution in [2.45, 2.75) is 18.4 Å². The van der Waals surface area contributed by atoms with Gasteiger partial charge in [-0.2, -0.15) is 11.8 Å². The van der Waals surface area contributed by atoms with E-state index in [1.165, 1.54) is 0 Å². The number of thioether (sulfide) groups is 1. The maximum Gasteiger partial charge on any atom is 0.152 e. The molecule has 0 aromatic carbocycles. The van der Waals surface area contributed by atoms with Crippen molar-refractivity contribution in [3.63, 3.8) is 0 Å². The highest BCUT2D eigenvalue weighted by Crippen LogP contribution is 2.25. The van der Waals surface area contributed by atoms with E-state index in [1.807, 2.05) is 6.26 Å². The summed E-state index contributed by atoms with van der Waals surface area (Å²) in [5.74, 6) is 1.41. The number of hydrogen-bond acceptors (Lipinski definition) is 4. The van der Waals surface area contributed by atoms with Crippen molar-refractivity contribution in [3.8, 4) is 0 Å². The average Bonchev–Trinajstić information content (AvgIpc) is 2.23. The molecule has 0 aromatic rings. The summed E-state index contributed by atoms with van der Waals surface area (Å²) >= 11 is 1.71. The largest absolute Gasteiger partial charge is 0.324 e. The van der Waals surface area contributed by atoms with Crippen molar-refractivity contribution in [1.29, 1.82) is 0 Å². The third-order valence-corrected chi connectivity index (χ3v) is 4.68. The Hall–Kier alpha value is 0.260. The van der Waals surface area contributed by atoms with E-state index in [0.717, 1.165) is 12.2 Å². The van der Waals surface area contributed by atoms with E-state index in [9.17, 15) is 8.42 Å². The van der Waals surface area contributed by atoms with Crippen LogP contribution in [0.2, 0.25) is 0 Å². The van der Waals surface area contributed by atoms with Gasteiger partial charge in [0, 0.05) is 5.54 Å². The van der Waals surface area contributed by atoms with Gasteiger partial charge in [0.05, 0.1) is 11.5 Å². The molecule has 0 amide bonds. The lowest BCUT2D eigenvalue weighted by molar-refractivity contribution is 0.467. The van der Waals surface area contributed by atoms with Crippen LogP contribution in [0.15, 0.2) is 0 Å². The van der Waals surface area contributed by atoms with Crippen LogP contribution in [0.3, 0.4) is 0 Å². The summed E-state index contributed by atoms with van der Waals surface area (Å²) in [6.07, 6.45) is 3.45. The van der Waals surface area contributed by atoms with Crippen LogP contribution in [0.5, 0.6) is 0 Å². The zero-order chi connectivity index (χ0) is 9.24. The molecule has 12 heavy (non-hydrogen) atoms. The van der Waals surface area contributed by atoms with Gasteiger partial charge in [-0.25, -0.2) is 8.42 Å². The SMILES string of the molecule is CSCCC1(N)CCS(=O)(=O)C1. The third-order valence-electron chi connectivity index (χ3n) is 2.22. The van der Waals surface area contributed by atoms with Gasteiger partial charge in [-0.05, 0) is 24.9 Å². The van der Waals surface area contributed by atoms with Gasteiger partial charge in [-0.3, -0.25) is 0 Å². The van der Waals surface area contributed by atoms with Crippen LogP contribution in [0.4, 0.5) is 0 Å². The first-order chi connectivity index (χ1) is 5.47. The van der Waals surface area contributed by atoms with Crippen LogP contribution < -0.4 is 5.73 Å². The fourth-order valence-corrected chi connectivity index (χ4v) is 4.08. The molecule has 0 aliphatic carbocycles. The van der Waals surface area contributed by atoms with Crippen molar-refractivity contribution in [1.82, 2.24) is 0 Å². The van der Waals surface area contributed by atoms with Crippen molar-refractivity contribution < 1.29 is 8.42 Å².